The van der Waals surface area contributed by atoms with Crippen molar-refractivity contribution in [1.82, 2.24) is 0 Å². The van der Waals surface area contributed by atoms with Gasteiger partial charge in [-0.25, -0.2) is 0 Å². The quantitative estimate of drug-likeness (QED) is 0.864. The first kappa shape index (κ1) is 16.5. The topological polar surface area (TPSA) is 26.0 Å². The van der Waals surface area contributed by atoms with Crippen molar-refractivity contribution in [2.75, 3.05) is 0 Å². The lowest BCUT2D eigenvalue weighted by Gasteiger charge is -2.14. The van der Waals surface area contributed by atoms with E-state index in [9.17, 15) is 13.2 Å². The average molecular weight is 302 g/mol. The predicted molar refractivity (Wildman–Crippen MR) is 76.8 cm³/mol. The fourth-order valence-electron chi connectivity index (χ4n) is 2.12. The van der Waals surface area contributed by atoms with Crippen LogP contribution in [0.4, 0.5) is 13.2 Å². The van der Waals surface area contributed by atoms with Crippen LogP contribution in [0.3, 0.4) is 0 Å². The standard InChI is InChI=1S/C15H14F3N.ClH/c1-10-6-11(9-19)8-12(7-10)13-4-2-3-5-14(13)15(16,17)18;/h2-8H,9,19H2,1H3;1H. The summed E-state index contributed by atoms with van der Waals surface area (Å²) in [7, 11) is 0. The van der Waals surface area contributed by atoms with Crippen LogP contribution >= 0.6 is 12.4 Å². The Hall–Kier alpha value is -1.52. The monoisotopic (exact) mass is 301 g/mol. The largest absolute Gasteiger partial charge is 0.417 e. The highest BCUT2D eigenvalue weighted by atomic mass is 35.5. The Labute approximate surface area is 122 Å². The highest BCUT2D eigenvalue weighted by molar-refractivity contribution is 5.85. The van der Waals surface area contributed by atoms with E-state index >= 15 is 0 Å². The lowest BCUT2D eigenvalue weighted by molar-refractivity contribution is -0.137. The zero-order valence-electron chi connectivity index (χ0n) is 10.9. The SMILES string of the molecule is Cc1cc(CN)cc(-c2ccccc2C(F)(F)F)c1.Cl. The van der Waals surface area contributed by atoms with Crippen LogP contribution in [0, 0.1) is 6.92 Å². The van der Waals surface area contributed by atoms with Gasteiger partial charge in [-0.3, -0.25) is 0 Å². The van der Waals surface area contributed by atoms with Crippen molar-refractivity contribution in [1.29, 1.82) is 0 Å². The van der Waals surface area contributed by atoms with Crippen LogP contribution in [0.5, 0.6) is 0 Å². The van der Waals surface area contributed by atoms with E-state index in [2.05, 4.69) is 0 Å². The first-order valence-electron chi connectivity index (χ1n) is 5.89. The first-order chi connectivity index (χ1) is 8.91. The van der Waals surface area contributed by atoms with E-state index in [4.69, 9.17) is 5.73 Å². The minimum absolute atomic E-state index is 0. The number of rotatable bonds is 2. The summed E-state index contributed by atoms with van der Waals surface area (Å²) < 4.78 is 39.0. The van der Waals surface area contributed by atoms with Gasteiger partial charge < -0.3 is 5.73 Å². The van der Waals surface area contributed by atoms with Gasteiger partial charge in [0.15, 0.2) is 0 Å². The number of nitrogens with two attached hydrogens (primary N) is 1. The van der Waals surface area contributed by atoms with E-state index in [1.165, 1.54) is 12.1 Å². The molecule has 0 amide bonds. The Morgan fingerprint density at radius 3 is 2.30 bits per heavy atom. The van der Waals surface area contributed by atoms with Gasteiger partial charge in [0.2, 0.25) is 0 Å². The van der Waals surface area contributed by atoms with Crippen molar-refractivity contribution in [3.05, 3.63) is 59.2 Å². The molecule has 0 fully saturated rings. The maximum atomic E-state index is 13.0. The number of hydrogen-bond donors (Lipinski definition) is 1. The number of benzene rings is 2. The Morgan fingerprint density at radius 1 is 1.05 bits per heavy atom. The van der Waals surface area contributed by atoms with Crippen molar-refractivity contribution in [2.45, 2.75) is 19.6 Å². The molecule has 0 aliphatic heterocycles. The Bertz CT molecular complexity index is 594. The van der Waals surface area contributed by atoms with Gasteiger partial charge in [0.1, 0.15) is 0 Å². The molecular weight excluding hydrogens is 287 g/mol. The molecule has 0 aromatic heterocycles. The van der Waals surface area contributed by atoms with Crippen LogP contribution < -0.4 is 5.73 Å². The molecule has 0 unspecified atom stereocenters. The molecule has 0 spiro atoms. The summed E-state index contributed by atoms with van der Waals surface area (Å²) in [5.74, 6) is 0. The average Bonchev–Trinajstić information content (AvgIpc) is 2.37. The molecule has 2 rings (SSSR count). The summed E-state index contributed by atoms with van der Waals surface area (Å²) in [5, 5.41) is 0. The summed E-state index contributed by atoms with van der Waals surface area (Å²) in [5.41, 5.74) is 7.41. The number of aryl methyl sites for hydroxylation is 1. The van der Waals surface area contributed by atoms with Crippen molar-refractivity contribution in [3.8, 4) is 11.1 Å². The van der Waals surface area contributed by atoms with Gasteiger partial charge in [0.25, 0.3) is 0 Å². The first-order valence-corrected chi connectivity index (χ1v) is 5.89. The molecule has 2 N–H and O–H groups in total. The molecule has 2 aromatic carbocycles. The molecular formula is C15H15ClF3N. The lowest BCUT2D eigenvalue weighted by Crippen LogP contribution is -2.07. The third kappa shape index (κ3) is 3.52. The predicted octanol–water partition coefficient (Wildman–Crippen LogP) is 4.56. The molecule has 2 aromatic rings. The van der Waals surface area contributed by atoms with E-state index in [0.717, 1.165) is 17.2 Å². The molecule has 0 saturated carbocycles. The fraction of sp³-hybridized carbons (Fsp3) is 0.200. The van der Waals surface area contributed by atoms with Crippen LogP contribution in [-0.2, 0) is 12.7 Å². The molecule has 0 atom stereocenters. The third-order valence-electron chi connectivity index (χ3n) is 2.92. The molecule has 1 nitrogen and oxygen atoms in total. The van der Waals surface area contributed by atoms with Crippen molar-refractivity contribution < 1.29 is 13.2 Å². The van der Waals surface area contributed by atoms with Gasteiger partial charge in [-0.05, 0) is 35.7 Å². The number of hydrogen-bond acceptors (Lipinski definition) is 1. The summed E-state index contributed by atoms with van der Waals surface area (Å²) in [6, 6.07) is 10.9. The van der Waals surface area contributed by atoms with Gasteiger partial charge in [-0.1, -0.05) is 35.9 Å². The second-order valence-corrected chi connectivity index (χ2v) is 4.45. The zero-order chi connectivity index (χ0) is 14.0. The maximum absolute atomic E-state index is 13.0. The zero-order valence-corrected chi connectivity index (χ0v) is 11.7. The van der Waals surface area contributed by atoms with E-state index in [1.807, 2.05) is 13.0 Å². The highest BCUT2D eigenvalue weighted by Gasteiger charge is 2.33. The van der Waals surface area contributed by atoms with E-state index in [1.54, 1.807) is 18.2 Å². The molecule has 0 aliphatic rings. The second kappa shape index (κ2) is 6.29. The van der Waals surface area contributed by atoms with Crippen molar-refractivity contribution >= 4 is 12.4 Å². The highest BCUT2D eigenvalue weighted by Crippen LogP contribution is 2.37. The van der Waals surface area contributed by atoms with Gasteiger partial charge in [-0.2, -0.15) is 13.2 Å². The van der Waals surface area contributed by atoms with Crippen molar-refractivity contribution in [2.24, 2.45) is 5.73 Å². The number of halogens is 4. The van der Waals surface area contributed by atoms with E-state index < -0.39 is 11.7 Å². The third-order valence-corrected chi connectivity index (χ3v) is 2.92. The normalized spacial score (nSPS) is 11.1. The molecule has 0 bridgehead atoms. The number of alkyl halides is 3. The lowest BCUT2D eigenvalue weighted by atomic mass is 9.96. The van der Waals surface area contributed by atoms with Crippen LogP contribution in [0.15, 0.2) is 42.5 Å². The maximum Gasteiger partial charge on any atom is 0.417 e. The summed E-state index contributed by atoms with van der Waals surface area (Å²) in [6.45, 7) is 2.15. The van der Waals surface area contributed by atoms with Crippen molar-refractivity contribution in [3.63, 3.8) is 0 Å². The smallest absolute Gasteiger partial charge is 0.326 e. The Kier molecular flexibility index (Phi) is 5.20. The molecule has 108 valence electrons. The molecule has 20 heavy (non-hydrogen) atoms. The summed E-state index contributed by atoms with van der Waals surface area (Å²) in [6.07, 6.45) is -4.36. The molecule has 0 aliphatic carbocycles. The van der Waals surface area contributed by atoms with Crippen LogP contribution in [0.2, 0.25) is 0 Å². The second-order valence-electron chi connectivity index (χ2n) is 4.45. The van der Waals surface area contributed by atoms with E-state index in [-0.39, 0.29) is 18.0 Å². The summed E-state index contributed by atoms with van der Waals surface area (Å²) >= 11 is 0. The van der Waals surface area contributed by atoms with E-state index in [0.29, 0.717) is 12.1 Å². The Morgan fingerprint density at radius 2 is 1.70 bits per heavy atom. The van der Waals surface area contributed by atoms with Gasteiger partial charge in [0.05, 0.1) is 5.56 Å². The molecule has 0 radical (unpaired) electrons. The fourth-order valence-corrected chi connectivity index (χ4v) is 2.12. The molecule has 5 heteroatoms. The van der Waals surface area contributed by atoms with Crippen LogP contribution in [0.25, 0.3) is 11.1 Å². The van der Waals surface area contributed by atoms with Crippen LogP contribution in [-0.4, -0.2) is 0 Å². The van der Waals surface area contributed by atoms with Gasteiger partial charge >= 0.3 is 6.18 Å². The Balaban J connectivity index is 0.00000200. The van der Waals surface area contributed by atoms with Crippen LogP contribution in [0.1, 0.15) is 16.7 Å². The van der Waals surface area contributed by atoms with Gasteiger partial charge in [-0.15, -0.1) is 12.4 Å². The summed E-state index contributed by atoms with van der Waals surface area (Å²) in [4.78, 5) is 0. The molecule has 0 heterocycles. The minimum atomic E-state index is -4.36. The molecule has 0 saturated heterocycles. The van der Waals surface area contributed by atoms with Gasteiger partial charge in [0, 0.05) is 6.54 Å². The minimum Gasteiger partial charge on any atom is -0.326 e.